The van der Waals surface area contributed by atoms with Gasteiger partial charge in [0.1, 0.15) is 5.75 Å². The summed E-state index contributed by atoms with van der Waals surface area (Å²) in [5.74, 6) is -0.0138. The van der Waals surface area contributed by atoms with Gasteiger partial charge in [-0.25, -0.2) is 0 Å². The molecule has 126 valence electrons. The number of nitrogens with one attached hydrogen (secondary N) is 2. The van der Waals surface area contributed by atoms with Crippen LogP contribution in [0.15, 0.2) is 48.5 Å². The fourth-order valence-electron chi connectivity index (χ4n) is 2.06. The van der Waals surface area contributed by atoms with Crippen LogP contribution in [0.25, 0.3) is 0 Å². The molecule has 2 rings (SSSR count). The highest BCUT2D eigenvalue weighted by molar-refractivity contribution is 6.00. The number of para-hydroxylation sites is 2. The molecule has 0 aromatic heterocycles. The van der Waals surface area contributed by atoms with Crippen molar-refractivity contribution in [3.8, 4) is 5.75 Å². The van der Waals surface area contributed by atoms with Crippen LogP contribution >= 0.6 is 0 Å². The first-order valence-electron chi connectivity index (χ1n) is 7.73. The molecule has 24 heavy (non-hydrogen) atoms. The maximum atomic E-state index is 12.0. The van der Waals surface area contributed by atoms with Crippen molar-refractivity contribution in [1.29, 1.82) is 0 Å². The number of hydrogen-bond acceptors (Lipinski definition) is 4. The van der Waals surface area contributed by atoms with E-state index in [4.69, 9.17) is 10.5 Å². The molecule has 2 aromatic carbocycles. The van der Waals surface area contributed by atoms with Crippen LogP contribution < -0.4 is 21.1 Å². The van der Waals surface area contributed by atoms with Crippen LogP contribution in [-0.4, -0.2) is 25.0 Å². The highest BCUT2D eigenvalue weighted by Crippen LogP contribution is 2.21. The van der Waals surface area contributed by atoms with Crippen LogP contribution in [0.4, 0.5) is 11.4 Å². The average Bonchev–Trinajstić information content (AvgIpc) is 2.62. The Balaban J connectivity index is 1.93. The Labute approximate surface area is 141 Å². The molecule has 0 saturated heterocycles. The Hall–Kier alpha value is -2.86. The predicted octanol–water partition coefficient (Wildman–Crippen LogP) is 2.16. The standard InChI is InChI=1S/C18H21N3O3/c1-2-13-7-9-14(10-8-13)24-12-18(23)21-16-6-4-3-5-15(16)20-17(22)11-19/h3-10H,2,11-12,19H2,1H3,(H,20,22)(H,21,23). The van der Waals surface area contributed by atoms with Gasteiger partial charge in [0.15, 0.2) is 6.61 Å². The molecule has 0 saturated carbocycles. The zero-order chi connectivity index (χ0) is 17.4. The van der Waals surface area contributed by atoms with Gasteiger partial charge in [0, 0.05) is 0 Å². The third-order valence-corrected chi connectivity index (χ3v) is 3.36. The van der Waals surface area contributed by atoms with Gasteiger partial charge >= 0.3 is 0 Å². The second-order valence-corrected chi connectivity index (χ2v) is 5.13. The van der Waals surface area contributed by atoms with E-state index in [1.807, 2.05) is 24.3 Å². The van der Waals surface area contributed by atoms with Crippen molar-refractivity contribution < 1.29 is 14.3 Å². The zero-order valence-corrected chi connectivity index (χ0v) is 13.5. The molecule has 0 unspecified atom stereocenters. The molecule has 0 atom stereocenters. The first-order chi connectivity index (χ1) is 11.6. The smallest absolute Gasteiger partial charge is 0.262 e. The molecule has 2 aromatic rings. The van der Waals surface area contributed by atoms with E-state index in [1.165, 1.54) is 5.56 Å². The molecule has 4 N–H and O–H groups in total. The minimum absolute atomic E-state index is 0.120. The van der Waals surface area contributed by atoms with Gasteiger partial charge in [0.25, 0.3) is 5.91 Å². The normalized spacial score (nSPS) is 10.1. The van der Waals surface area contributed by atoms with Crippen molar-refractivity contribution in [3.63, 3.8) is 0 Å². The number of aryl methyl sites for hydroxylation is 1. The number of carbonyl (C=O) groups excluding carboxylic acids is 2. The minimum Gasteiger partial charge on any atom is -0.484 e. The van der Waals surface area contributed by atoms with Crippen molar-refractivity contribution in [2.24, 2.45) is 5.73 Å². The molecule has 0 heterocycles. The quantitative estimate of drug-likeness (QED) is 0.726. The van der Waals surface area contributed by atoms with E-state index in [2.05, 4.69) is 17.6 Å². The summed E-state index contributed by atoms with van der Waals surface area (Å²) < 4.78 is 5.46. The lowest BCUT2D eigenvalue weighted by Crippen LogP contribution is -2.24. The van der Waals surface area contributed by atoms with Gasteiger partial charge in [-0.1, -0.05) is 31.2 Å². The van der Waals surface area contributed by atoms with E-state index in [9.17, 15) is 9.59 Å². The fraction of sp³-hybridized carbons (Fsp3) is 0.222. The lowest BCUT2D eigenvalue weighted by Gasteiger charge is -2.12. The zero-order valence-electron chi connectivity index (χ0n) is 13.5. The number of nitrogens with two attached hydrogens (primary N) is 1. The molecule has 0 radical (unpaired) electrons. The largest absolute Gasteiger partial charge is 0.484 e. The summed E-state index contributed by atoms with van der Waals surface area (Å²) in [6, 6.07) is 14.5. The Kier molecular flexibility index (Phi) is 6.33. The molecule has 0 aliphatic rings. The monoisotopic (exact) mass is 327 g/mol. The van der Waals surface area contributed by atoms with Crippen LogP contribution in [0.3, 0.4) is 0 Å². The van der Waals surface area contributed by atoms with Crippen molar-refractivity contribution in [2.75, 3.05) is 23.8 Å². The van der Waals surface area contributed by atoms with Crippen molar-refractivity contribution in [3.05, 3.63) is 54.1 Å². The lowest BCUT2D eigenvalue weighted by molar-refractivity contribution is -0.118. The number of anilines is 2. The highest BCUT2D eigenvalue weighted by Gasteiger charge is 2.09. The minimum atomic E-state index is -0.330. The third kappa shape index (κ3) is 5.10. The Morgan fingerprint density at radius 2 is 1.54 bits per heavy atom. The third-order valence-electron chi connectivity index (χ3n) is 3.36. The SMILES string of the molecule is CCc1ccc(OCC(=O)Nc2ccccc2NC(=O)CN)cc1. The van der Waals surface area contributed by atoms with Crippen molar-refractivity contribution in [1.82, 2.24) is 0 Å². The molecular weight excluding hydrogens is 306 g/mol. The summed E-state index contributed by atoms with van der Waals surface area (Å²) in [6.45, 7) is 1.83. The number of ether oxygens (including phenoxy) is 1. The number of benzene rings is 2. The molecule has 6 nitrogen and oxygen atoms in total. The summed E-state index contributed by atoms with van der Waals surface area (Å²) in [5, 5.41) is 5.35. The molecule has 0 fully saturated rings. The lowest BCUT2D eigenvalue weighted by atomic mass is 10.2. The Morgan fingerprint density at radius 1 is 0.958 bits per heavy atom. The summed E-state index contributed by atoms with van der Waals surface area (Å²) in [5.41, 5.74) is 7.48. The van der Waals surface area contributed by atoms with E-state index < -0.39 is 0 Å². The number of carbonyl (C=O) groups is 2. The molecule has 0 bridgehead atoms. The van der Waals surface area contributed by atoms with Crippen LogP contribution in [0.1, 0.15) is 12.5 Å². The molecule has 6 heteroatoms. The van der Waals surface area contributed by atoms with Crippen molar-refractivity contribution in [2.45, 2.75) is 13.3 Å². The predicted molar refractivity (Wildman–Crippen MR) is 94.1 cm³/mol. The van der Waals surface area contributed by atoms with E-state index in [0.717, 1.165) is 6.42 Å². The number of hydrogen-bond donors (Lipinski definition) is 3. The highest BCUT2D eigenvalue weighted by atomic mass is 16.5. The van der Waals surface area contributed by atoms with E-state index in [-0.39, 0.29) is 25.0 Å². The number of amides is 2. The van der Waals surface area contributed by atoms with Gasteiger partial charge in [-0.2, -0.15) is 0 Å². The topological polar surface area (TPSA) is 93.5 Å². The molecular formula is C18H21N3O3. The summed E-state index contributed by atoms with van der Waals surface area (Å²) in [7, 11) is 0. The van der Waals surface area contributed by atoms with Gasteiger partial charge in [0.05, 0.1) is 17.9 Å². The van der Waals surface area contributed by atoms with Crippen LogP contribution in [-0.2, 0) is 16.0 Å². The molecule has 0 spiro atoms. The van der Waals surface area contributed by atoms with E-state index >= 15 is 0 Å². The molecule has 0 aliphatic carbocycles. The summed E-state index contributed by atoms with van der Waals surface area (Å²) in [4.78, 5) is 23.5. The maximum Gasteiger partial charge on any atom is 0.262 e. The van der Waals surface area contributed by atoms with Crippen LogP contribution in [0.5, 0.6) is 5.75 Å². The number of rotatable bonds is 7. The van der Waals surface area contributed by atoms with Crippen molar-refractivity contribution >= 4 is 23.2 Å². The second kappa shape index (κ2) is 8.69. The van der Waals surface area contributed by atoms with Gasteiger partial charge in [-0.15, -0.1) is 0 Å². The van der Waals surface area contributed by atoms with Crippen LogP contribution in [0, 0.1) is 0 Å². The van der Waals surface area contributed by atoms with Gasteiger partial charge in [-0.05, 0) is 36.2 Å². The average molecular weight is 327 g/mol. The van der Waals surface area contributed by atoms with E-state index in [1.54, 1.807) is 24.3 Å². The first-order valence-corrected chi connectivity index (χ1v) is 7.73. The van der Waals surface area contributed by atoms with E-state index in [0.29, 0.717) is 17.1 Å². The molecule has 0 aliphatic heterocycles. The maximum absolute atomic E-state index is 12.0. The summed E-state index contributed by atoms with van der Waals surface area (Å²) in [6.07, 6.45) is 0.950. The molecule has 2 amide bonds. The fourth-order valence-corrected chi connectivity index (χ4v) is 2.06. The van der Waals surface area contributed by atoms with Gasteiger partial charge in [-0.3, -0.25) is 9.59 Å². The Bertz CT molecular complexity index is 699. The Morgan fingerprint density at radius 3 is 2.08 bits per heavy atom. The second-order valence-electron chi connectivity index (χ2n) is 5.13. The summed E-state index contributed by atoms with van der Waals surface area (Å²) >= 11 is 0. The van der Waals surface area contributed by atoms with Gasteiger partial charge < -0.3 is 21.1 Å². The first kappa shape index (κ1) is 17.5. The van der Waals surface area contributed by atoms with Crippen LogP contribution in [0.2, 0.25) is 0 Å². The van der Waals surface area contributed by atoms with Gasteiger partial charge in [0.2, 0.25) is 5.91 Å².